The fraction of sp³-hybridized carbons (Fsp3) is 0.583. The van der Waals surface area contributed by atoms with Crippen LogP contribution >= 0.6 is 0 Å². The lowest BCUT2D eigenvalue weighted by atomic mass is 10.4. The van der Waals surface area contributed by atoms with Crippen LogP contribution < -0.4 is 0 Å². The summed E-state index contributed by atoms with van der Waals surface area (Å²) in [5.74, 6) is 1.60. The van der Waals surface area contributed by atoms with Crippen molar-refractivity contribution in [1.82, 2.24) is 9.91 Å². The highest BCUT2D eigenvalue weighted by atomic mass is 16.5. The Hall–Kier alpha value is -1.33. The van der Waals surface area contributed by atoms with Crippen LogP contribution in [0.1, 0.15) is 11.5 Å². The van der Waals surface area contributed by atoms with Crippen LogP contribution in [0.5, 0.6) is 0 Å². The summed E-state index contributed by atoms with van der Waals surface area (Å²) in [5, 5.41) is 6.48. The maximum Gasteiger partial charge on any atom is 0.147 e. The van der Waals surface area contributed by atoms with Crippen LogP contribution in [-0.4, -0.2) is 56.5 Å². The molecule has 1 saturated heterocycles. The van der Waals surface area contributed by atoms with Gasteiger partial charge in [-0.25, -0.2) is 0 Å². The van der Waals surface area contributed by atoms with Gasteiger partial charge >= 0.3 is 0 Å². The summed E-state index contributed by atoms with van der Waals surface area (Å²) in [6.07, 6.45) is 1.77. The van der Waals surface area contributed by atoms with Crippen LogP contribution in [0.3, 0.4) is 0 Å². The van der Waals surface area contributed by atoms with E-state index in [-0.39, 0.29) is 0 Å². The molecular weight excluding hydrogens is 218 g/mol. The quantitative estimate of drug-likeness (QED) is 0.733. The van der Waals surface area contributed by atoms with E-state index in [0.717, 1.165) is 37.7 Å². The Kier molecular flexibility index (Phi) is 4.17. The van der Waals surface area contributed by atoms with Gasteiger partial charge in [0.1, 0.15) is 18.1 Å². The first-order valence-electron chi connectivity index (χ1n) is 5.83. The molecule has 1 fully saturated rings. The van der Waals surface area contributed by atoms with Gasteiger partial charge in [-0.2, -0.15) is 5.10 Å². The largest absolute Gasteiger partial charge is 0.458 e. The van der Waals surface area contributed by atoms with Gasteiger partial charge in [0.05, 0.1) is 6.21 Å². The molecule has 5 nitrogen and oxygen atoms in total. The third-order valence-electron chi connectivity index (χ3n) is 2.80. The van der Waals surface area contributed by atoms with Crippen molar-refractivity contribution in [2.24, 2.45) is 5.10 Å². The molecule has 17 heavy (non-hydrogen) atoms. The standard InChI is InChI=1S/C12H19N3O2/c1-14-5-7-15(8-6-14)13-9-11-3-4-12(17-11)10-16-2/h3-4,9H,5-8,10H2,1-2H3. The number of hydrazone groups is 1. The number of hydrogen-bond donors (Lipinski definition) is 0. The second-order valence-electron chi connectivity index (χ2n) is 4.24. The van der Waals surface area contributed by atoms with Crippen LogP contribution in [0, 0.1) is 0 Å². The number of furan rings is 1. The number of methoxy groups -OCH3 is 1. The summed E-state index contributed by atoms with van der Waals surface area (Å²) >= 11 is 0. The fourth-order valence-corrected chi connectivity index (χ4v) is 1.73. The van der Waals surface area contributed by atoms with Crippen molar-refractivity contribution in [2.45, 2.75) is 6.61 Å². The molecule has 0 unspecified atom stereocenters. The van der Waals surface area contributed by atoms with E-state index in [2.05, 4.69) is 22.1 Å². The first-order valence-corrected chi connectivity index (χ1v) is 5.83. The first kappa shape index (κ1) is 12.1. The van der Waals surface area contributed by atoms with Gasteiger partial charge in [0, 0.05) is 33.3 Å². The molecule has 1 aliphatic rings. The highest BCUT2D eigenvalue weighted by Crippen LogP contribution is 2.07. The molecule has 2 heterocycles. The van der Waals surface area contributed by atoms with E-state index >= 15 is 0 Å². The van der Waals surface area contributed by atoms with E-state index in [4.69, 9.17) is 9.15 Å². The number of likely N-dealkylation sites (N-methyl/N-ethyl adjacent to an activating group) is 1. The zero-order valence-corrected chi connectivity index (χ0v) is 10.4. The van der Waals surface area contributed by atoms with Gasteiger partial charge in [-0.05, 0) is 19.2 Å². The van der Waals surface area contributed by atoms with Gasteiger partial charge < -0.3 is 14.1 Å². The summed E-state index contributed by atoms with van der Waals surface area (Å²) in [5.41, 5.74) is 0. The van der Waals surface area contributed by atoms with E-state index in [1.54, 1.807) is 13.3 Å². The Balaban J connectivity index is 1.86. The fourth-order valence-electron chi connectivity index (χ4n) is 1.73. The Bertz CT molecular complexity index is 368. The molecule has 0 aromatic carbocycles. The minimum Gasteiger partial charge on any atom is -0.458 e. The van der Waals surface area contributed by atoms with E-state index in [1.807, 2.05) is 12.1 Å². The monoisotopic (exact) mass is 237 g/mol. The molecule has 0 saturated carbocycles. The maximum absolute atomic E-state index is 5.52. The summed E-state index contributed by atoms with van der Waals surface area (Å²) in [7, 11) is 3.78. The Morgan fingerprint density at radius 3 is 2.82 bits per heavy atom. The van der Waals surface area contributed by atoms with Crippen molar-refractivity contribution in [1.29, 1.82) is 0 Å². The predicted molar refractivity (Wildman–Crippen MR) is 66.1 cm³/mol. The van der Waals surface area contributed by atoms with Gasteiger partial charge in [-0.15, -0.1) is 0 Å². The lowest BCUT2D eigenvalue weighted by molar-refractivity contribution is 0.158. The third-order valence-corrected chi connectivity index (χ3v) is 2.80. The van der Waals surface area contributed by atoms with Gasteiger partial charge in [0.25, 0.3) is 0 Å². The van der Waals surface area contributed by atoms with E-state index in [0.29, 0.717) is 6.61 Å². The molecular formula is C12H19N3O2. The molecule has 0 N–H and O–H groups in total. The van der Waals surface area contributed by atoms with Crippen molar-refractivity contribution in [3.05, 3.63) is 23.7 Å². The number of piperazine rings is 1. The molecule has 1 aliphatic heterocycles. The molecule has 0 bridgehead atoms. The van der Waals surface area contributed by atoms with Gasteiger partial charge in [0.2, 0.25) is 0 Å². The summed E-state index contributed by atoms with van der Waals surface area (Å²) < 4.78 is 10.5. The summed E-state index contributed by atoms with van der Waals surface area (Å²) in [4.78, 5) is 2.30. The van der Waals surface area contributed by atoms with Crippen molar-refractivity contribution in [2.75, 3.05) is 40.3 Å². The molecule has 5 heteroatoms. The smallest absolute Gasteiger partial charge is 0.147 e. The topological polar surface area (TPSA) is 41.2 Å². The van der Waals surface area contributed by atoms with Crippen LogP contribution in [0.15, 0.2) is 21.7 Å². The highest BCUT2D eigenvalue weighted by molar-refractivity contribution is 5.75. The molecule has 0 radical (unpaired) electrons. The van der Waals surface area contributed by atoms with Crippen LogP contribution in [0.2, 0.25) is 0 Å². The SMILES string of the molecule is COCc1ccc(C=NN2CCN(C)CC2)o1. The number of nitrogens with zero attached hydrogens (tertiary/aromatic N) is 3. The first-order chi connectivity index (χ1) is 8.28. The molecule has 0 atom stereocenters. The van der Waals surface area contributed by atoms with Gasteiger partial charge in [-0.1, -0.05) is 0 Å². The molecule has 0 spiro atoms. The Morgan fingerprint density at radius 1 is 1.35 bits per heavy atom. The number of hydrogen-bond acceptors (Lipinski definition) is 5. The summed E-state index contributed by atoms with van der Waals surface area (Å²) in [6, 6.07) is 3.82. The van der Waals surface area contributed by atoms with Crippen molar-refractivity contribution >= 4 is 6.21 Å². The normalized spacial score (nSPS) is 18.1. The molecule has 1 aromatic rings. The average molecular weight is 237 g/mol. The van der Waals surface area contributed by atoms with Crippen molar-refractivity contribution < 1.29 is 9.15 Å². The predicted octanol–water partition coefficient (Wildman–Crippen LogP) is 1.01. The molecule has 0 amide bonds. The minimum atomic E-state index is 0.502. The van der Waals surface area contributed by atoms with E-state index < -0.39 is 0 Å². The molecule has 94 valence electrons. The van der Waals surface area contributed by atoms with Crippen LogP contribution in [0.4, 0.5) is 0 Å². The maximum atomic E-state index is 5.52. The lowest BCUT2D eigenvalue weighted by Crippen LogP contribution is -2.41. The van der Waals surface area contributed by atoms with Crippen molar-refractivity contribution in [3.8, 4) is 0 Å². The zero-order chi connectivity index (χ0) is 12.1. The number of ether oxygens (including phenoxy) is 1. The van der Waals surface area contributed by atoms with E-state index in [9.17, 15) is 0 Å². The van der Waals surface area contributed by atoms with E-state index in [1.165, 1.54) is 0 Å². The average Bonchev–Trinajstić information content (AvgIpc) is 2.77. The van der Waals surface area contributed by atoms with Gasteiger partial charge in [0.15, 0.2) is 0 Å². The number of rotatable bonds is 4. The third kappa shape index (κ3) is 3.57. The highest BCUT2D eigenvalue weighted by Gasteiger charge is 2.11. The van der Waals surface area contributed by atoms with Crippen LogP contribution in [-0.2, 0) is 11.3 Å². The Morgan fingerprint density at radius 2 is 2.12 bits per heavy atom. The Labute approximate surface area is 102 Å². The van der Waals surface area contributed by atoms with Crippen molar-refractivity contribution in [3.63, 3.8) is 0 Å². The molecule has 1 aromatic heterocycles. The lowest BCUT2D eigenvalue weighted by Gasteiger charge is -2.30. The van der Waals surface area contributed by atoms with Crippen LogP contribution in [0.25, 0.3) is 0 Å². The molecule has 0 aliphatic carbocycles. The minimum absolute atomic E-state index is 0.502. The zero-order valence-electron chi connectivity index (χ0n) is 10.4. The molecule has 2 rings (SSSR count). The second-order valence-corrected chi connectivity index (χ2v) is 4.24. The van der Waals surface area contributed by atoms with Gasteiger partial charge in [-0.3, -0.25) is 5.01 Å². The second kappa shape index (κ2) is 5.84. The summed E-state index contributed by atoms with van der Waals surface area (Å²) in [6.45, 7) is 4.56.